The SMILES string of the molecule is C=CCCCCCCCCCN1C(=O)C(C)=C[C@@H](C)C1=O. The number of allylic oxidation sites excluding steroid dienone is 1. The Hall–Kier alpha value is -1.38. The van der Waals surface area contributed by atoms with Crippen molar-refractivity contribution in [2.24, 2.45) is 5.92 Å². The highest BCUT2D eigenvalue weighted by atomic mass is 16.2. The minimum Gasteiger partial charge on any atom is -0.278 e. The van der Waals surface area contributed by atoms with Gasteiger partial charge in [-0.2, -0.15) is 0 Å². The van der Waals surface area contributed by atoms with Crippen molar-refractivity contribution in [1.29, 1.82) is 0 Å². The minimum atomic E-state index is -0.160. The van der Waals surface area contributed by atoms with Gasteiger partial charge in [-0.15, -0.1) is 6.58 Å². The molecule has 2 amide bonds. The first-order chi connectivity index (χ1) is 10.1. The lowest BCUT2D eigenvalue weighted by Crippen LogP contribution is -2.43. The summed E-state index contributed by atoms with van der Waals surface area (Å²) in [6.07, 6.45) is 13.1. The summed E-state index contributed by atoms with van der Waals surface area (Å²) in [7, 11) is 0. The number of hydrogen-bond donors (Lipinski definition) is 0. The van der Waals surface area contributed by atoms with Crippen LogP contribution in [0.25, 0.3) is 0 Å². The van der Waals surface area contributed by atoms with Crippen LogP contribution in [0, 0.1) is 5.92 Å². The second-order valence-corrected chi connectivity index (χ2v) is 5.99. The van der Waals surface area contributed by atoms with E-state index in [1.807, 2.05) is 13.0 Å². The maximum absolute atomic E-state index is 12.0. The molecule has 0 aromatic carbocycles. The van der Waals surface area contributed by atoms with Crippen molar-refractivity contribution < 1.29 is 9.59 Å². The normalized spacial score (nSPS) is 18.9. The zero-order valence-corrected chi connectivity index (χ0v) is 13.6. The van der Waals surface area contributed by atoms with Gasteiger partial charge < -0.3 is 0 Å². The van der Waals surface area contributed by atoms with Crippen molar-refractivity contribution in [3.8, 4) is 0 Å². The predicted octanol–water partition coefficient (Wildman–Crippen LogP) is 4.24. The maximum Gasteiger partial charge on any atom is 0.255 e. The fourth-order valence-electron chi connectivity index (χ4n) is 2.73. The zero-order chi connectivity index (χ0) is 15.7. The van der Waals surface area contributed by atoms with Crippen molar-refractivity contribution in [3.63, 3.8) is 0 Å². The molecule has 1 aliphatic heterocycles. The third kappa shape index (κ3) is 5.86. The average molecular weight is 291 g/mol. The molecule has 1 rings (SSSR count). The van der Waals surface area contributed by atoms with E-state index in [-0.39, 0.29) is 17.7 Å². The second-order valence-electron chi connectivity index (χ2n) is 5.99. The van der Waals surface area contributed by atoms with Gasteiger partial charge >= 0.3 is 0 Å². The van der Waals surface area contributed by atoms with Crippen molar-refractivity contribution in [1.82, 2.24) is 4.90 Å². The van der Waals surface area contributed by atoms with E-state index in [1.54, 1.807) is 13.0 Å². The smallest absolute Gasteiger partial charge is 0.255 e. The lowest BCUT2D eigenvalue weighted by atomic mass is 10.0. The van der Waals surface area contributed by atoms with Crippen molar-refractivity contribution in [2.45, 2.75) is 65.2 Å². The van der Waals surface area contributed by atoms with Gasteiger partial charge in [0.1, 0.15) is 0 Å². The number of hydrogen-bond acceptors (Lipinski definition) is 2. The molecule has 0 saturated heterocycles. The Balaban J connectivity index is 2.15. The Morgan fingerprint density at radius 1 is 1.10 bits per heavy atom. The van der Waals surface area contributed by atoms with Gasteiger partial charge in [0.2, 0.25) is 5.91 Å². The van der Waals surface area contributed by atoms with Crippen molar-refractivity contribution in [3.05, 3.63) is 24.3 Å². The van der Waals surface area contributed by atoms with Crippen LogP contribution >= 0.6 is 0 Å². The molecular formula is C18H29NO2. The van der Waals surface area contributed by atoms with Gasteiger partial charge in [-0.05, 0) is 26.2 Å². The van der Waals surface area contributed by atoms with E-state index in [0.29, 0.717) is 12.1 Å². The average Bonchev–Trinajstić information content (AvgIpc) is 2.46. The van der Waals surface area contributed by atoms with Crippen LogP contribution in [0.4, 0.5) is 0 Å². The first kappa shape index (κ1) is 17.7. The lowest BCUT2D eigenvalue weighted by molar-refractivity contribution is -0.145. The van der Waals surface area contributed by atoms with E-state index < -0.39 is 0 Å². The van der Waals surface area contributed by atoms with E-state index in [4.69, 9.17) is 0 Å². The molecule has 0 spiro atoms. The highest BCUT2D eigenvalue weighted by Crippen LogP contribution is 2.18. The van der Waals surface area contributed by atoms with E-state index in [2.05, 4.69) is 6.58 Å². The Labute approximate surface area is 129 Å². The lowest BCUT2D eigenvalue weighted by Gasteiger charge is -2.27. The number of rotatable bonds is 10. The molecule has 0 fully saturated rings. The monoisotopic (exact) mass is 291 g/mol. The molecule has 3 heteroatoms. The number of carbonyl (C=O) groups is 2. The zero-order valence-electron chi connectivity index (χ0n) is 13.6. The van der Waals surface area contributed by atoms with Gasteiger partial charge in [0, 0.05) is 12.1 Å². The van der Waals surface area contributed by atoms with E-state index >= 15 is 0 Å². The van der Waals surface area contributed by atoms with Gasteiger partial charge in [-0.25, -0.2) is 0 Å². The number of amides is 2. The molecule has 0 unspecified atom stereocenters. The Bertz CT molecular complexity index is 398. The van der Waals surface area contributed by atoms with Gasteiger partial charge in [-0.1, -0.05) is 51.2 Å². The molecule has 0 saturated carbocycles. The minimum absolute atomic E-state index is 0.0463. The summed E-state index contributed by atoms with van der Waals surface area (Å²) in [6.45, 7) is 7.94. The Kier molecular flexibility index (Phi) is 8.03. The van der Waals surface area contributed by atoms with Crippen LogP contribution in [0.15, 0.2) is 24.3 Å². The molecule has 0 aromatic rings. The van der Waals surface area contributed by atoms with E-state index in [0.717, 1.165) is 19.3 Å². The Morgan fingerprint density at radius 2 is 1.67 bits per heavy atom. The standard InChI is InChI=1S/C18H29NO2/c1-4-5-6-7-8-9-10-11-12-13-19-17(20)15(2)14-16(3)18(19)21/h4,14-15H,1,5-13H2,2-3H3/t15-/m1/s1. The molecule has 0 aromatic heterocycles. The fraction of sp³-hybridized carbons (Fsp3) is 0.667. The number of unbranched alkanes of at least 4 members (excludes halogenated alkanes) is 7. The molecule has 0 aliphatic carbocycles. The van der Waals surface area contributed by atoms with Gasteiger partial charge in [-0.3, -0.25) is 14.5 Å². The summed E-state index contributed by atoms with van der Waals surface area (Å²) >= 11 is 0. The summed E-state index contributed by atoms with van der Waals surface area (Å²) < 4.78 is 0. The predicted molar refractivity (Wildman–Crippen MR) is 86.8 cm³/mol. The molecule has 0 N–H and O–H groups in total. The van der Waals surface area contributed by atoms with Crippen LogP contribution in [0.1, 0.15) is 65.2 Å². The summed E-state index contributed by atoms with van der Waals surface area (Å²) in [5.41, 5.74) is 0.698. The van der Waals surface area contributed by atoms with Gasteiger partial charge in [0.15, 0.2) is 0 Å². The van der Waals surface area contributed by atoms with E-state index in [9.17, 15) is 9.59 Å². The topological polar surface area (TPSA) is 37.4 Å². The third-order valence-corrected chi connectivity index (χ3v) is 4.03. The molecule has 1 aliphatic rings. The summed E-state index contributed by atoms with van der Waals surface area (Å²) in [5, 5.41) is 0. The van der Waals surface area contributed by atoms with Gasteiger partial charge in [0.05, 0.1) is 5.92 Å². The number of imide groups is 1. The summed E-state index contributed by atoms with van der Waals surface area (Å²) in [4.78, 5) is 25.4. The van der Waals surface area contributed by atoms with Crippen LogP contribution in [-0.4, -0.2) is 23.3 Å². The maximum atomic E-state index is 12.0. The molecule has 1 atom stereocenters. The highest BCUT2D eigenvalue weighted by Gasteiger charge is 2.30. The van der Waals surface area contributed by atoms with Crippen LogP contribution in [0.2, 0.25) is 0 Å². The van der Waals surface area contributed by atoms with Crippen LogP contribution in [-0.2, 0) is 9.59 Å². The van der Waals surface area contributed by atoms with Gasteiger partial charge in [0.25, 0.3) is 5.91 Å². The van der Waals surface area contributed by atoms with Crippen molar-refractivity contribution >= 4 is 11.8 Å². The first-order valence-corrected chi connectivity index (χ1v) is 8.23. The highest BCUT2D eigenvalue weighted by molar-refractivity contribution is 6.07. The number of carbonyl (C=O) groups excluding carboxylic acids is 2. The molecule has 1 heterocycles. The van der Waals surface area contributed by atoms with Crippen LogP contribution in [0.3, 0.4) is 0 Å². The summed E-state index contributed by atoms with van der Waals surface area (Å²) in [5.74, 6) is -0.315. The second kappa shape index (κ2) is 9.54. The molecular weight excluding hydrogens is 262 g/mol. The largest absolute Gasteiger partial charge is 0.278 e. The third-order valence-electron chi connectivity index (χ3n) is 4.03. The first-order valence-electron chi connectivity index (χ1n) is 8.23. The van der Waals surface area contributed by atoms with Crippen LogP contribution in [0.5, 0.6) is 0 Å². The molecule has 21 heavy (non-hydrogen) atoms. The molecule has 0 radical (unpaired) electrons. The van der Waals surface area contributed by atoms with Crippen molar-refractivity contribution in [2.75, 3.05) is 6.54 Å². The molecule has 118 valence electrons. The molecule has 0 bridgehead atoms. The number of nitrogens with zero attached hydrogens (tertiary/aromatic N) is 1. The fourth-order valence-corrected chi connectivity index (χ4v) is 2.73. The summed E-state index contributed by atoms with van der Waals surface area (Å²) in [6, 6.07) is 0. The van der Waals surface area contributed by atoms with E-state index in [1.165, 1.54) is 37.0 Å². The van der Waals surface area contributed by atoms with Crippen LogP contribution < -0.4 is 0 Å². The molecule has 3 nitrogen and oxygen atoms in total. The Morgan fingerprint density at radius 3 is 2.29 bits per heavy atom. The quantitative estimate of drug-likeness (QED) is 0.343.